The van der Waals surface area contributed by atoms with E-state index in [1.165, 1.54) is 61.1 Å². The summed E-state index contributed by atoms with van der Waals surface area (Å²) in [5, 5.41) is 0. The van der Waals surface area contributed by atoms with Gasteiger partial charge >= 0.3 is 0 Å². The first-order valence-electron chi connectivity index (χ1n) is 33.2. The van der Waals surface area contributed by atoms with Crippen molar-refractivity contribution in [1.29, 1.82) is 0 Å². The Bertz CT molecular complexity index is 1790. The normalized spacial score (nSPS) is 21.6. The first kappa shape index (κ1) is 117. The number of nitrogens with zero attached hydrogens (tertiary/aromatic N) is 8. The molecule has 0 aromatic heterocycles. The smallest absolute Gasteiger partial charge is 0.0955 e. The molecule has 0 aromatic carbocycles. The molecule has 0 saturated carbocycles. The molecule has 8 nitrogen and oxygen atoms in total. The number of hydrogen-bond donors (Lipinski definition) is 0. The monoisotopic (exact) mass is 1640 g/mol. The fraction of sp³-hybridized carbons (Fsp3) is 0.659. The molecular formula is C82H160Ir2N8-12. The van der Waals surface area contributed by atoms with Crippen molar-refractivity contribution >= 4 is 0 Å². The van der Waals surface area contributed by atoms with E-state index >= 15 is 0 Å². The summed E-state index contributed by atoms with van der Waals surface area (Å²) in [6.45, 7) is 65.1. The third-order valence-electron chi connectivity index (χ3n) is 16.0. The molecule has 0 bridgehead atoms. The third kappa shape index (κ3) is 39.2. The predicted molar refractivity (Wildman–Crippen MR) is 417 cm³/mol. The largest absolute Gasteiger partial charge is 0.531 e. The standard InChI is InChI=1S/C23H45N4.C19H33N4.2C10H8.6C2H6.6CH4.2CH3.2Ir/c1-10-17(3)26-16-24(19(5)20(26)6)14-12-13-15-25-21(7)22(8)27(23(25)9)18(4)11-2;1-6-17(3)22-13-12-20(16-22)10-8-9-11-21-14-15-23(19(21)5)18(4)7-2;2*1-2-6-9(5-1)10-7-3-4-8-10;6*1-2;;;;;;;;;;/h10-11,16-23H,12-15H2,1-9H3;6-7,12-19H,8-11H2,1-5H3;2*1,3,5,7H,2,4H2;6*1-2H3;6*1H4;2*1H3;;/q2*-3;2*-2;;;;;;;;;;;;;2*-1;;/t17-,18-,19-,20+,21-,22+,23?;17-,18-,19?;;;;;;;;;;;;;;;;;;/m00................../s1. The zero-order valence-corrected chi connectivity index (χ0v) is 65.7. The van der Waals surface area contributed by atoms with Crippen LogP contribution in [0.4, 0.5) is 0 Å². The second-order valence-electron chi connectivity index (χ2n) is 20.3. The molecule has 4 aliphatic carbocycles. The van der Waals surface area contributed by atoms with Crippen LogP contribution in [0.25, 0.3) is 0 Å². The van der Waals surface area contributed by atoms with Crippen LogP contribution in [0, 0.1) is 78.2 Å². The van der Waals surface area contributed by atoms with Gasteiger partial charge in [-0.1, -0.05) is 201 Å². The van der Waals surface area contributed by atoms with Gasteiger partial charge in [-0.3, -0.25) is 29.2 Å². The van der Waals surface area contributed by atoms with Gasteiger partial charge in [-0.05, 0) is 91.0 Å². The predicted octanol–water partition coefficient (Wildman–Crippen LogP) is 23.5. The van der Waals surface area contributed by atoms with E-state index in [4.69, 9.17) is 0 Å². The van der Waals surface area contributed by atoms with Crippen LogP contribution in [-0.2, 0) is 40.2 Å². The van der Waals surface area contributed by atoms with Gasteiger partial charge in [-0.25, -0.2) is 31.0 Å². The fourth-order valence-electron chi connectivity index (χ4n) is 10.5. The zero-order chi connectivity index (χ0) is 62.7. The minimum atomic E-state index is 0. The van der Waals surface area contributed by atoms with Gasteiger partial charge in [0.1, 0.15) is 0 Å². The average molecular weight is 1640 g/mol. The minimum absolute atomic E-state index is 0. The van der Waals surface area contributed by atoms with Crippen molar-refractivity contribution < 1.29 is 40.2 Å². The molecular weight excluding hydrogens is 1480 g/mol. The van der Waals surface area contributed by atoms with Crippen LogP contribution in [0.15, 0.2) is 95.7 Å². The second-order valence-corrected chi connectivity index (χ2v) is 20.3. The second kappa shape index (κ2) is 71.5. The summed E-state index contributed by atoms with van der Waals surface area (Å²) in [6.07, 6.45) is 57.7. The molecule has 2 fully saturated rings. The summed E-state index contributed by atoms with van der Waals surface area (Å²) in [4.78, 5) is 19.9. The van der Waals surface area contributed by atoms with Gasteiger partial charge in [0.2, 0.25) is 0 Å². The van der Waals surface area contributed by atoms with Gasteiger partial charge < -0.3 is 97.1 Å². The van der Waals surface area contributed by atoms with Crippen LogP contribution in [0.2, 0.25) is 0 Å². The minimum Gasteiger partial charge on any atom is -0.531 e. The zero-order valence-electron chi connectivity index (χ0n) is 60.9. The van der Waals surface area contributed by atoms with E-state index in [0.29, 0.717) is 60.7 Å². The Morgan fingerprint density at radius 2 is 0.804 bits per heavy atom. The molecule has 2 radical (unpaired) electrons. The van der Waals surface area contributed by atoms with Crippen molar-refractivity contribution in [2.75, 3.05) is 26.2 Å². The van der Waals surface area contributed by atoms with Gasteiger partial charge in [0.15, 0.2) is 0 Å². The molecule has 558 valence electrons. The molecule has 2 saturated heterocycles. The van der Waals surface area contributed by atoms with E-state index in [1.807, 2.05) is 83.1 Å². The summed E-state index contributed by atoms with van der Waals surface area (Å²) >= 11 is 0. The van der Waals surface area contributed by atoms with Crippen LogP contribution in [0.5, 0.6) is 0 Å². The Morgan fingerprint density at radius 1 is 0.424 bits per heavy atom. The van der Waals surface area contributed by atoms with Crippen molar-refractivity contribution in [3.8, 4) is 0 Å². The van der Waals surface area contributed by atoms with Crippen molar-refractivity contribution in [3.63, 3.8) is 0 Å². The summed E-state index contributed by atoms with van der Waals surface area (Å²) in [7, 11) is 0. The van der Waals surface area contributed by atoms with Crippen molar-refractivity contribution in [2.45, 2.75) is 337 Å². The molecule has 0 spiro atoms. The maximum atomic E-state index is 3.25. The SMILES string of the molecule is C.C.C.C.C.C.CC.CC.CC.CC.CC.CC.C[CH-][C@H](C)N1C=CN(CCCCN2C=CN([C@@H](C)[CH-]C)C2C)[CH-]1.C[CH-][C@H](C)N1[CH-]N(CCCCN2C(C)N([C@@H](C)[CH-]C)[C@H](C)[C@@H]2C)[C@@H](C)[C@H]1C.[C-]1=C(C2=[C-]CC=C2)C=CC1.[C-]1=C(C2=[C-]CC=C2)C=CC1.[CH3-].[CH3-].[Ir].[Ir]. The molecule has 92 heavy (non-hydrogen) atoms. The molecule has 2 unspecified atom stereocenters. The molecule has 4 heterocycles. The average Bonchev–Trinajstić information content (AvgIpc) is 2.27. The number of rotatable bonds is 20. The molecule has 10 atom stereocenters. The van der Waals surface area contributed by atoms with Crippen molar-refractivity contribution in [2.24, 2.45) is 0 Å². The van der Waals surface area contributed by atoms with E-state index in [9.17, 15) is 0 Å². The summed E-state index contributed by atoms with van der Waals surface area (Å²) in [6, 6.07) is 4.49. The molecule has 0 aromatic rings. The third-order valence-corrected chi connectivity index (χ3v) is 16.0. The topological polar surface area (TPSA) is 25.9 Å². The fourth-order valence-corrected chi connectivity index (χ4v) is 10.5. The molecule has 4 aliphatic heterocycles. The van der Waals surface area contributed by atoms with Crippen LogP contribution in [0.3, 0.4) is 0 Å². The Morgan fingerprint density at radius 3 is 1.18 bits per heavy atom. The Labute approximate surface area is 611 Å². The van der Waals surface area contributed by atoms with Crippen LogP contribution in [-0.4, -0.2) is 126 Å². The number of allylic oxidation sites excluding steroid dienone is 16. The van der Waals surface area contributed by atoms with Gasteiger partial charge in [0.25, 0.3) is 0 Å². The van der Waals surface area contributed by atoms with E-state index < -0.39 is 0 Å². The van der Waals surface area contributed by atoms with Crippen LogP contribution < -0.4 is 0 Å². The Kier molecular flexibility index (Phi) is 90.9. The summed E-state index contributed by atoms with van der Waals surface area (Å²) in [5.74, 6) is 0. The molecule has 10 heteroatoms. The van der Waals surface area contributed by atoms with E-state index in [1.54, 1.807) is 0 Å². The van der Waals surface area contributed by atoms with E-state index in [-0.39, 0.29) is 99.6 Å². The maximum absolute atomic E-state index is 3.25. The van der Waals surface area contributed by atoms with Crippen molar-refractivity contribution in [1.82, 2.24) is 39.2 Å². The quantitative estimate of drug-likeness (QED) is 0.0879. The van der Waals surface area contributed by atoms with Gasteiger partial charge in [-0.2, -0.15) is 58.7 Å². The van der Waals surface area contributed by atoms with E-state index in [0.717, 1.165) is 38.8 Å². The number of unbranched alkanes of at least 4 members (excludes halogenated alkanes) is 2. The first-order valence-corrected chi connectivity index (χ1v) is 33.2. The molecule has 0 N–H and O–H groups in total. The maximum Gasteiger partial charge on any atom is 0.0955 e. The summed E-state index contributed by atoms with van der Waals surface area (Å²) in [5.41, 5.74) is 4.87. The Hall–Kier alpha value is -2.26. The van der Waals surface area contributed by atoms with Gasteiger partial charge in [0, 0.05) is 77.8 Å². The first-order chi connectivity index (χ1) is 39.7. The molecule has 8 aliphatic rings. The molecule has 8 rings (SSSR count). The van der Waals surface area contributed by atoms with Gasteiger partial charge in [-0.15, -0.1) is 18.1 Å². The molecule has 0 amide bonds. The van der Waals surface area contributed by atoms with E-state index in [2.05, 4.69) is 273 Å². The van der Waals surface area contributed by atoms with Crippen molar-refractivity contribution in [3.05, 3.63) is 174 Å². The van der Waals surface area contributed by atoms with Crippen LogP contribution in [0.1, 0.15) is 276 Å². The number of hydrogen-bond acceptors (Lipinski definition) is 8. The Balaban J connectivity index is -0.0000000891. The summed E-state index contributed by atoms with van der Waals surface area (Å²) < 4.78 is 0. The van der Waals surface area contributed by atoms with Gasteiger partial charge in [0.05, 0.1) is 12.3 Å². The van der Waals surface area contributed by atoms with Crippen LogP contribution >= 0.6 is 0 Å².